The Morgan fingerprint density at radius 2 is 2.12 bits per heavy atom. The molecule has 0 unspecified atom stereocenters. The molecule has 0 fully saturated rings. The minimum absolute atomic E-state index is 0.0117. The Hall–Kier alpha value is -1.61. The molecule has 1 rings (SSSR count). The summed E-state index contributed by atoms with van der Waals surface area (Å²) in [6.07, 6.45) is 0. The Morgan fingerprint density at radius 1 is 1.47 bits per heavy atom. The molecule has 1 aromatic rings. The molecule has 0 aliphatic rings. The van der Waals surface area contributed by atoms with Gasteiger partial charge in [-0.05, 0) is 41.9 Å². The number of hydrogen-bond acceptors (Lipinski definition) is 4. The number of nitrogens with one attached hydrogen (secondary N) is 1. The monoisotopic (exact) mass is 298 g/mol. The fraction of sp³-hybridized carbons (Fsp3) is 0.364. The van der Waals surface area contributed by atoms with E-state index in [4.69, 9.17) is 9.68 Å². The normalized spacial score (nSPS) is 11.9. The van der Waals surface area contributed by atoms with Gasteiger partial charge in [-0.2, -0.15) is 5.26 Å². The van der Waals surface area contributed by atoms with E-state index < -0.39 is 17.6 Å². The standard InChI is InChI=1S/C11H11BrN2O3/c1-6(2)14-11(16)7(5-13)10(15)8-3-4-9(12)17-8/h3-4,6-7H,1-2H3,(H,14,16)/t7-/m1/s1. The molecule has 0 spiro atoms. The molecular weight excluding hydrogens is 288 g/mol. The quantitative estimate of drug-likeness (QED) is 0.679. The number of carbonyl (C=O) groups excluding carboxylic acids is 2. The van der Waals surface area contributed by atoms with Crippen LogP contribution in [0.2, 0.25) is 0 Å². The maximum Gasteiger partial charge on any atom is 0.245 e. The van der Waals surface area contributed by atoms with Crippen LogP contribution in [0.1, 0.15) is 24.4 Å². The van der Waals surface area contributed by atoms with Gasteiger partial charge >= 0.3 is 0 Å². The third-order valence-corrected chi connectivity index (χ3v) is 2.33. The summed E-state index contributed by atoms with van der Waals surface area (Å²) in [7, 11) is 0. The Kier molecular flexibility index (Phi) is 4.46. The zero-order valence-electron chi connectivity index (χ0n) is 9.36. The van der Waals surface area contributed by atoms with Crippen molar-refractivity contribution in [3.63, 3.8) is 0 Å². The van der Waals surface area contributed by atoms with E-state index in [-0.39, 0.29) is 11.8 Å². The van der Waals surface area contributed by atoms with Gasteiger partial charge in [-0.3, -0.25) is 9.59 Å². The van der Waals surface area contributed by atoms with Crippen LogP contribution in [-0.4, -0.2) is 17.7 Å². The number of rotatable bonds is 4. The summed E-state index contributed by atoms with van der Waals surface area (Å²) in [4.78, 5) is 23.4. The number of furan rings is 1. The zero-order valence-corrected chi connectivity index (χ0v) is 10.9. The number of ketones is 1. The predicted octanol–water partition coefficient (Wildman–Crippen LogP) is 1.89. The van der Waals surface area contributed by atoms with E-state index >= 15 is 0 Å². The van der Waals surface area contributed by atoms with E-state index in [1.165, 1.54) is 12.1 Å². The minimum atomic E-state index is -1.38. The van der Waals surface area contributed by atoms with Gasteiger partial charge < -0.3 is 9.73 Å². The summed E-state index contributed by atoms with van der Waals surface area (Å²) < 4.78 is 5.40. The van der Waals surface area contributed by atoms with Gasteiger partial charge in [-0.1, -0.05) is 0 Å². The van der Waals surface area contributed by atoms with Crippen LogP contribution in [0.3, 0.4) is 0 Å². The van der Waals surface area contributed by atoms with Gasteiger partial charge in [0.2, 0.25) is 11.7 Å². The molecule has 0 saturated carbocycles. The molecular formula is C11H11BrN2O3. The van der Waals surface area contributed by atoms with Crippen molar-refractivity contribution in [2.45, 2.75) is 19.9 Å². The van der Waals surface area contributed by atoms with E-state index in [2.05, 4.69) is 21.2 Å². The number of halogens is 1. The molecule has 0 saturated heterocycles. The van der Waals surface area contributed by atoms with Gasteiger partial charge in [-0.15, -0.1) is 0 Å². The summed E-state index contributed by atoms with van der Waals surface area (Å²) in [5, 5.41) is 11.4. The van der Waals surface area contributed by atoms with Crippen LogP contribution in [0.5, 0.6) is 0 Å². The lowest BCUT2D eigenvalue weighted by Crippen LogP contribution is -2.38. The molecule has 0 aromatic carbocycles. The predicted molar refractivity (Wildman–Crippen MR) is 63.1 cm³/mol. The Labute approximate surface area is 107 Å². The van der Waals surface area contributed by atoms with Gasteiger partial charge in [0.1, 0.15) is 0 Å². The Balaban J connectivity index is 2.85. The van der Waals surface area contributed by atoms with Crippen LogP contribution in [0, 0.1) is 17.2 Å². The van der Waals surface area contributed by atoms with E-state index in [1.54, 1.807) is 19.9 Å². The van der Waals surface area contributed by atoms with Crippen LogP contribution in [-0.2, 0) is 4.79 Å². The van der Waals surface area contributed by atoms with Crippen molar-refractivity contribution in [2.75, 3.05) is 0 Å². The Morgan fingerprint density at radius 3 is 2.53 bits per heavy atom. The maximum atomic E-state index is 11.8. The van der Waals surface area contributed by atoms with Gasteiger partial charge in [0.05, 0.1) is 6.07 Å². The van der Waals surface area contributed by atoms with Crippen molar-refractivity contribution in [1.29, 1.82) is 5.26 Å². The largest absolute Gasteiger partial charge is 0.446 e. The van der Waals surface area contributed by atoms with E-state index in [0.29, 0.717) is 4.67 Å². The highest BCUT2D eigenvalue weighted by atomic mass is 79.9. The number of nitrogens with zero attached hydrogens (tertiary/aromatic N) is 1. The highest BCUT2D eigenvalue weighted by molar-refractivity contribution is 9.10. The van der Waals surface area contributed by atoms with Crippen LogP contribution in [0.25, 0.3) is 0 Å². The molecule has 1 aromatic heterocycles. The van der Waals surface area contributed by atoms with Crippen molar-refractivity contribution in [2.24, 2.45) is 5.92 Å². The van der Waals surface area contributed by atoms with Gasteiger partial charge in [0.15, 0.2) is 16.3 Å². The van der Waals surface area contributed by atoms with E-state index in [1.807, 2.05) is 0 Å². The summed E-state index contributed by atoms with van der Waals surface area (Å²) in [6, 6.07) is 4.49. The molecule has 6 heteroatoms. The average Bonchev–Trinajstić information content (AvgIpc) is 2.64. The van der Waals surface area contributed by atoms with Crippen LogP contribution < -0.4 is 5.32 Å². The molecule has 1 N–H and O–H groups in total. The molecule has 5 nitrogen and oxygen atoms in total. The number of carbonyl (C=O) groups is 2. The first-order valence-electron chi connectivity index (χ1n) is 4.95. The fourth-order valence-electron chi connectivity index (χ4n) is 1.19. The van der Waals surface area contributed by atoms with Crippen molar-refractivity contribution in [3.8, 4) is 6.07 Å². The van der Waals surface area contributed by atoms with Crippen LogP contribution in [0.4, 0.5) is 0 Å². The smallest absolute Gasteiger partial charge is 0.245 e. The van der Waals surface area contributed by atoms with Crippen molar-refractivity contribution >= 4 is 27.6 Å². The Bertz CT molecular complexity index is 473. The fourth-order valence-corrected chi connectivity index (χ4v) is 1.50. The summed E-state index contributed by atoms with van der Waals surface area (Å²) in [6.45, 7) is 3.50. The van der Waals surface area contributed by atoms with E-state index in [0.717, 1.165) is 0 Å². The number of Topliss-reactive ketones (excluding diaryl/α,β-unsaturated/α-hetero) is 1. The SMILES string of the molecule is CC(C)NC(=O)[C@H](C#N)C(=O)c1ccc(Br)o1. The molecule has 0 aliphatic heterocycles. The third kappa shape index (κ3) is 3.43. The lowest BCUT2D eigenvalue weighted by molar-refractivity contribution is -0.122. The topological polar surface area (TPSA) is 83.1 Å². The summed E-state index contributed by atoms with van der Waals surface area (Å²) in [5.41, 5.74) is 0. The first-order chi connectivity index (χ1) is 7.95. The third-order valence-electron chi connectivity index (χ3n) is 1.90. The second kappa shape index (κ2) is 5.64. The minimum Gasteiger partial charge on any atom is -0.446 e. The molecule has 1 atom stereocenters. The maximum absolute atomic E-state index is 11.8. The molecule has 1 amide bonds. The second-order valence-electron chi connectivity index (χ2n) is 3.69. The number of hydrogen-bond donors (Lipinski definition) is 1. The lowest BCUT2D eigenvalue weighted by atomic mass is 10.0. The molecule has 1 heterocycles. The highest BCUT2D eigenvalue weighted by Crippen LogP contribution is 2.17. The van der Waals surface area contributed by atoms with Gasteiger partial charge in [-0.25, -0.2) is 0 Å². The van der Waals surface area contributed by atoms with Crippen molar-refractivity contribution in [1.82, 2.24) is 5.32 Å². The van der Waals surface area contributed by atoms with Crippen molar-refractivity contribution in [3.05, 3.63) is 22.6 Å². The highest BCUT2D eigenvalue weighted by Gasteiger charge is 2.29. The number of nitriles is 1. The second-order valence-corrected chi connectivity index (χ2v) is 4.47. The molecule has 0 aliphatic carbocycles. The first-order valence-corrected chi connectivity index (χ1v) is 5.74. The van der Waals surface area contributed by atoms with Crippen LogP contribution in [0.15, 0.2) is 21.2 Å². The van der Waals surface area contributed by atoms with Crippen LogP contribution >= 0.6 is 15.9 Å². The van der Waals surface area contributed by atoms with E-state index in [9.17, 15) is 9.59 Å². The van der Waals surface area contributed by atoms with Gasteiger partial charge in [0.25, 0.3) is 0 Å². The number of amides is 1. The zero-order chi connectivity index (χ0) is 13.0. The molecule has 0 bridgehead atoms. The summed E-state index contributed by atoms with van der Waals surface area (Å²) in [5.74, 6) is -2.64. The molecule has 0 radical (unpaired) electrons. The summed E-state index contributed by atoms with van der Waals surface area (Å²) >= 11 is 3.05. The average molecular weight is 299 g/mol. The van der Waals surface area contributed by atoms with Crippen molar-refractivity contribution < 1.29 is 14.0 Å². The lowest BCUT2D eigenvalue weighted by Gasteiger charge is -2.10. The first kappa shape index (κ1) is 13.5. The molecule has 90 valence electrons. The molecule has 17 heavy (non-hydrogen) atoms. The van der Waals surface area contributed by atoms with Gasteiger partial charge in [0, 0.05) is 6.04 Å².